The number of esters is 1. The maximum absolute atomic E-state index is 12.9. The second kappa shape index (κ2) is 10.4. The summed E-state index contributed by atoms with van der Waals surface area (Å²) in [5, 5.41) is 12.0. The Balaban J connectivity index is 1.95. The van der Waals surface area contributed by atoms with Gasteiger partial charge in [0.25, 0.3) is 5.91 Å². The van der Waals surface area contributed by atoms with Crippen LogP contribution in [0.1, 0.15) is 64.0 Å². The Morgan fingerprint density at radius 1 is 1.25 bits per heavy atom. The zero-order valence-electron chi connectivity index (χ0n) is 17.0. The minimum atomic E-state index is -0.677. The molecule has 0 spiro atoms. The highest BCUT2D eigenvalue weighted by Crippen LogP contribution is 2.25. The molecule has 1 fully saturated rings. The molecule has 0 unspecified atom stereocenters. The van der Waals surface area contributed by atoms with Crippen LogP contribution in [0, 0.1) is 5.92 Å². The van der Waals surface area contributed by atoms with Crippen LogP contribution >= 0.6 is 0 Å². The fourth-order valence-electron chi connectivity index (χ4n) is 3.78. The van der Waals surface area contributed by atoms with Crippen molar-refractivity contribution in [1.82, 2.24) is 10.8 Å². The van der Waals surface area contributed by atoms with Crippen molar-refractivity contribution in [2.45, 2.75) is 71.1 Å². The first kappa shape index (κ1) is 22.1. The summed E-state index contributed by atoms with van der Waals surface area (Å²) in [4.78, 5) is 23.9. The summed E-state index contributed by atoms with van der Waals surface area (Å²) in [6, 6.07) is 7.75. The number of amides is 1. The summed E-state index contributed by atoms with van der Waals surface area (Å²) in [6.45, 7) is 6.39. The summed E-state index contributed by atoms with van der Waals surface area (Å²) in [5.74, 6) is -0.414. The van der Waals surface area contributed by atoms with E-state index in [1.165, 1.54) is 18.9 Å². The highest BCUT2D eigenvalue weighted by Gasteiger charge is 2.38. The zero-order valence-corrected chi connectivity index (χ0v) is 17.0. The number of hydrogen-bond acceptors (Lipinski definition) is 5. The van der Waals surface area contributed by atoms with Crippen molar-refractivity contribution >= 4 is 18.0 Å². The van der Waals surface area contributed by atoms with Gasteiger partial charge in [-0.2, -0.15) is 0 Å². The Hall–Kier alpha value is -2.18. The predicted octanol–water partition coefficient (Wildman–Crippen LogP) is 3.59. The first-order valence-corrected chi connectivity index (χ1v) is 9.98. The van der Waals surface area contributed by atoms with Crippen molar-refractivity contribution in [3.63, 3.8) is 0 Å². The summed E-state index contributed by atoms with van der Waals surface area (Å²) in [5.41, 5.74) is 2.56. The SMILES string of the molecule is CC(C)C[C@@](C)(NC1CCCC1)C(=O)OCc1ccc(C=CC(=O)NO)cc1. The van der Waals surface area contributed by atoms with Gasteiger partial charge in [0.1, 0.15) is 12.1 Å². The maximum atomic E-state index is 12.9. The van der Waals surface area contributed by atoms with Crippen LogP contribution in [0.15, 0.2) is 30.3 Å². The summed E-state index contributed by atoms with van der Waals surface area (Å²) in [6.07, 6.45) is 8.22. The molecule has 3 N–H and O–H groups in total. The normalized spacial score (nSPS) is 17.0. The van der Waals surface area contributed by atoms with Gasteiger partial charge in [-0.1, -0.05) is 51.0 Å². The average Bonchev–Trinajstić information content (AvgIpc) is 3.16. The third-order valence-corrected chi connectivity index (χ3v) is 5.03. The summed E-state index contributed by atoms with van der Waals surface area (Å²) >= 11 is 0. The van der Waals surface area contributed by atoms with Gasteiger partial charge in [0.05, 0.1) is 0 Å². The second-order valence-corrected chi connectivity index (χ2v) is 8.18. The van der Waals surface area contributed by atoms with Crippen LogP contribution in [0.2, 0.25) is 0 Å². The van der Waals surface area contributed by atoms with E-state index in [9.17, 15) is 9.59 Å². The highest BCUT2D eigenvalue weighted by molar-refractivity contribution is 5.90. The third-order valence-electron chi connectivity index (χ3n) is 5.03. The molecule has 6 nitrogen and oxygen atoms in total. The van der Waals surface area contributed by atoms with Gasteiger partial charge < -0.3 is 4.74 Å². The molecular weight excluding hydrogens is 356 g/mol. The van der Waals surface area contributed by atoms with Crippen LogP contribution in [0.3, 0.4) is 0 Å². The van der Waals surface area contributed by atoms with Crippen molar-refractivity contribution < 1.29 is 19.5 Å². The summed E-state index contributed by atoms with van der Waals surface area (Å²) < 4.78 is 5.64. The minimum absolute atomic E-state index is 0.208. The van der Waals surface area contributed by atoms with Gasteiger partial charge in [-0.3, -0.25) is 20.1 Å². The molecule has 1 aliphatic rings. The Labute approximate surface area is 167 Å². The van der Waals surface area contributed by atoms with E-state index in [-0.39, 0.29) is 12.6 Å². The van der Waals surface area contributed by atoms with E-state index < -0.39 is 11.4 Å². The largest absolute Gasteiger partial charge is 0.459 e. The molecule has 1 saturated carbocycles. The van der Waals surface area contributed by atoms with Gasteiger partial charge in [0.15, 0.2) is 0 Å². The van der Waals surface area contributed by atoms with Gasteiger partial charge in [-0.15, -0.1) is 0 Å². The van der Waals surface area contributed by atoms with Crippen molar-refractivity contribution in [2.24, 2.45) is 5.92 Å². The van der Waals surface area contributed by atoms with E-state index in [4.69, 9.17) is 9.94 Å². The molecule has 6 heteroatoms. The van der Waals surface area contributed by atoms with Gasteiger partial charge >= 0.3 is 5.97 Å². The van der Waals surface area contributed by atoms with Gasteiger partial charge in [-0.05, 0) is 49.3 Å². The molecule has 1 aromatic rings. The molecule has 1 amide bonds. The molecule has 1 aromatic carbocycles. The first-order valence-electron chi connectivity index (χ1n) is 9.98. The molecule has 0 aromatic heterocycles. The molecule has 154 valence electrons. The Morgan fingerprint density at radius 3 is 2.46 bits per heavy atom. The number of hydroxylamine groups is 1. The van der Waals surface area contributed by atoms with E-state index in [2.05, 4.69) is 19.2 Å². The molecule has 0 radical (unpaired) electrons. The van der Waals surface area contributed by atoms with Crippen LogP contribution in [0.5, 0.6) is 0 Å². The average molecular weight is 389 g/mol. The maximum Gasteiger partial charge on any atom is 0.326 e. The molecule has 1 aliphatic carbocycles. The van der Waals surface area contributed by atoms with E-state index in [0.29, 0.717) is 12.0 Å². The first-order chi connectivity index (χ1) is 13.3. The molecular formula is C22H32N2O4. The molecule has 1 atom stereocenters. The quantitative estimate of drug-likeness (QED) is 0.260. The van der Waals surface area contributed by atoms with Gasteiger partial charge in [0, 0.05) is 12.1 Å². The summed E-state index contributed by atoms with van der Waals surface area (Å²) in [7, 11) is 0. The van der Waals surface area contributed by atoms with Gasteiger partial charge in [-0.25, -0.2) is 5.48 Å². The second-order valence-electron chi connectivity index (χ2n) is 8.18. The van der Waals surface area contributed by atoms with Crippen LogP contribution < -0.4 is 10.8 Å². The monoisotopic (exact) mass is 388 g/mol. The Morgan fingerprint density at radius 2 is 1.89 bits per heavy atom. The predicted molar refractivity (Wildman–Crippen MR) is 108 cm³/mol. The van der Waals surface area contributed by atoms with E-state index >= 15 is 0 Å². The number of nitrogens with one attached hydrogen (secondary N) is 2. The van der Waals surface area contributed by atoms with Crippen LogP contribution in [-0.4, -0.2) is 28.7 Å². The minimum Gasteiger partial charge on any atom is -0.459 e. The van der Waals surface area contributed by atoms with E-state index in [1.54, 1.807) is 11.6 Å². The highest BCUT2D eigenvalue weighted by atomic mass is 16.5. The molecule has 0 aliphatic heterocycles. The van der Waals surface area contributed by atoms with Crippen LogP contribution in [-0.2, 0) is 20.9 Å². The number of benzene rings is 1. The molecule has 2 rings (SSSR count). The molecule has 0 bridgehead atoms. The topological polar surface area (TPSA) is 87.7 Å². The lowest BCUT2D eigenvalue weighted by atomic mass is 9.89. The lowest BCUT2D eigenvalue weighted by Crippen LogP contribution is -2.54. The standard InChI is InChI=1S/C22H32N2O4/c1-16(2)14-22(3,23-19-6-4-5-7-19)21(26)28-15-18-10-8-17(9-11-18)12-13-20(25)24-27/h8-13,16,19,23,27H,4-7,14-15H2,1-3H3,(H,24,25)/t22-/m1/s1. The van der Waals surface area contributed by atoms with Crippen LogP contribution in [0.25, 0.3) is 6.08 Å². The molecule has 0 saturated heterocycles. The lowest BCUT2D eigenvalue weighted by Gasteiger charge is -2.33. The fourth-order valence-corrected chi connectivity index (χ4v) is 3.78. The number of carbonyl (C=O) groups is 2. The van der Waals surface area contributed by atoms with Gasteiger partial charge in [0.2, 0.25) is 0 Å². The molecule has 28 heavy (non-hydrogen) atoms. The Bertz CT molecular complexity index is 678. The smallest absolute Gasteiger partial charge is 0.326 e. The molecule has 0 heterocycles. The fraction of sp³-hybridized carbons (Fsp3) is 0.545. The Kier molecular flexibility index (Phi) is 8.20. The third kappa shape index (κ3) is 6.77. The number of hydrogen-bond donors (Lipinski definition) is 3. The van der Waals surface area contributed by atoms with E-state index in [1.807, 2.05) is 31.2 Å². The van der Waals surface area contributed by atoms with Crippen molar-refractivity contribution in [3.05, 3.63) is 41.5 Å². The number of carbonyl (C=O) groups excluding carboxylic acids is 2. The number of rotatable bonds is 9. The van der Waals surface area contributed by atoms with E-state index in [0.717, 1.165) is 30.4 Å². The lowest BCUT2D eigenvalue weighted by molar-refractivity contribution is -0.153. The van der Waals surface area contributed by atoms with Crippen molar-refractivity contribution in [3.8, 4) is 0 Å². The van der Waals surface area contributed by atoms with Crippen LogP contribution in [0.4, 0.5) is 0 Å². The van der Waals surface area contributed by atoms with Crippen molar-refractivity contribution in [1.29, 1.82) is 0 Å². The van der Waals surface area contributed by atoms with Crippen molar-refractivity contribution in [2.75, 3.05) is 0 Å². The number of ether oxygens (including phenoxy) is 1. The zero-order chi connectivity index (χ0) is 20.6.